The second-order valence-corrected chi connectivity index (χ2v) is 3.01. The Kier molecular flexibility index (Phi) is 2.73. The Hall–Kier alpha value is -1.20. The number of nitrogens with zero attached hydrogens (tertiary/aromatic N) is 3. The minimum atomic E-state index is -4.36. The summed E-state index contributed by atoms with van der Waals surface area (Å²) in [6, 6.07) is 0. The zero-order valence-corrected chi connectivity index (χ0v) is 8.26. The highest BCUT2D eigenvalue weighted by atomic mass is 19.4. The van der Waals surface area contributed by atoms with Gasteiger partial charge >= 0.3 is 6.18 Å². The highest BCUT2D eigenvalue weighted by molar-refractivity contribution is 5.50. The van der Waals surface area contributed by atoms with Crippen LogP contribution in [0.2, 0.25) is 0 Å². The van der Waals surface area contributed by atoms with Crippen LogP contribution in [0.4, 0.5) is 18.9 Å². The highest BCUT2D eigenvalue weighted by Gasteiger charge is 2.38. The number of rotatable bonds is 2. The van der Waals surface area contributed by atoms with Crippen molar-refractivity contribution in [1.29, 1.82) is 0 Å². The molecule has 0 N–H and O–H groups in total. The highest BCUT2D eigenvalue weighted by Crippen LogP contribution is 2.35. The molecule has 0 atom stereocenters. The summed E-state index contributed by atoms with van der Waals surface area (Å²) in [5, 5.41) is 3.61. The van der Waals surface area contributed by atoms with Gasteiger partial charge in [0.2, 0.25) is 0 Å². The average molecular weight is 207 g/mol. The van der Waals surface area contributed by atoms with E-state index in [1.165, 1.54) is 18.1 Å². The molecule has 0 aliphatic heterocycles. The molecule has 0 saturated carbocycles. The lowest BCUT2D eigenvalue weighted by Crippen LogP contribution is -2.21. The maximum atomic E-state index is 12.6. The first-order valence-corrected chi connectivity index (χ1v) is 4.18. The van der Waals surface area contributed by atoms with E-state index in [0.29, 0.717) is 6.54 Å². The Morgan fingerprint density at radius 3 is 2.50 bits per heavy atom. The van der Waals surface area contributed by atoms with Gasteiger partial charge < -0.3 is 4.90 Å². The average Bonchev–Trinajstić information content (AvgIpc) is 2.44. The molecule has 1 rings (SSSR count). The zero-order valence-electron chi connectivity index (χ0n) is 8.26. The van der Waals surface area contributed by atoms with E-state index in [1.807, 2.05) is 0 Å². The largest absolute Gasteiger partial charge is 0.435 e. The lowest BCUT2D eigenvalue weighted by atomic mass is 10.3. The van der Waals surface area contributed by atoms with E-state index in [0.717, 1.165) is 4.68 Å². The van der Waals surface area contributed by atoms with Crippen LogP contribution in [0.25, 0.3) is 0 Å². The Morgan fingerprint density at radius 1 is 1.50 bits per heavy atom. The summed E-state index contributed by atoms with van der Waals surface area (Å²) in [6.07, 6.45) is -3.13. The van der Waals surface area contributed by atoms with Crippen molar-refractivity contribution in [3.8, 4) is 0 Å². The summed E-state index contributed by atoms with van der Waals surface area (Å²) in [6.45, 7) is 2.29. The molecule has 80 valence electrons. The third-order valence-corrected chi connectivity index (χ3v) is 2.07. The van der Waals surface area contributed by atoms with E-state index in [-0.39, 0.29) is 5.69 Å². The van der Waals surface area contributed by atoms with Gasteiger partial charge in [-0.05, 0) is 6.92 Å². The maximum Gasteiger partial charge on any atom is 0.435 e. The van der Waals surface area contributed by atoms with Crippen LogP contribution in [0.15, 0.2) is 6.20 Å². The monoisotopic (exact) mass is 207 g/mol. The lowest BCUT2D eigenvalue weighted by molar-refractivity contribution is -0.143. The van der Waals surface area contributed by atoms with E-state index in [1.54, 1.807) is 14.0 Å². The summed E-state index contributed by atoms with van der Waals surface area (Å²) >= 11 is 0. The third-order valence-electron chi connectivity index (χ3n) is 2.07. The van der Waals surface area contributed by atoms with Crippen molar-refractivity contribution in [2.45, 2.75) is 13.1 Å². The van der Waals surface area contributed by atoms with Gasteiger partial charge in [0.15, 0.2) is 5.69 Å². The predicted molar refractivity (Wildman–Crippen MR) is 47.2 cm³/mol. The van der Waals surface area contributed by atoms with Gasteiger partial charge in [-0.1, -0.05) is 0 Å². The summed E-state index contributed by atoms with van der Waals surface area (Å²) < 4.78 is 38.5. The Morgan fingerprint density at radius 2 is 2.07 bits per heavy atom. The molecule has 0 aliphatic rings. The second-order valence-electron chi connectivity index (χ2n) is 3.01. The molecule has 6 heteroatoms. The summed E-state index contributed by atoms with van der Waals surface area (Å²) in [5.74, 6) is 0. The molecule has 0 radical (unpaired) electrons. The summed E-state index contributed by atoms with van der Waals surface area (Å²) in [4.78, 5) is 1.51. The van der Waals surface area contributed by atoms with Crippen LogP contribution < -0.4 is 4.90 Å². The Labute approximate surface area is 80.1 Å². The number of aryl methyl sites for hydroxylation is 1. The van der Waals surface area contributed by atoms with Crippen LogP contribution in [-0.4, -0.2) is 23.4 Å². The van der Waals surface area contributed by atoms with Crippen LogP contribution >= 0.6 is 0 Å². The van der Waals surface area contributed by atoms with E-state index in [2.05, 4.69) is 5.10 Å². The molecule has 0 aromatic carbocycles. The van der Waals surface area contributed by atoms with Crippen LogP contribution in [0.3, 0.4) is 0 Å². The van der Waals surface area contributed by atoms with Crippen molar-refractivity contribution in [1.82, 2.24) is 9.78 Å². The first kappa shape index (κ1) is 10.9. The van der Waals surface area contributed by atoms with Crippen LogP contribution in [-0.2, 0) is 13.2 Å². The number of alkyl halides is 3. The molecule has 0 fully saturated rings. The number of halogens is 3. The van der Waals surface area contributed by atoms with Crippen molar-refractivity contribution in [3.63, 3.8) is 0 Å². The molecule has 1 heterocycles. The second kappa shape index (κ2) is 3.51. The van der Waals surface area contributed by atoms with Crippen molar-refractivity contribution >= 4 is 5.69 Å². The normalized spacial score (nSPS) is 11.9. The number of hydrogen-bond donors (Lipinski definition) is 0. The van der Waals surface area contributed by atoms with Gasteiger partial charge in [-0.25, -0.2) is 0 Å². The molecule has 0 amide bonds. The summed E-state index contributed by atoms with van der Waals surface area (Å²) in [7, 11) is 2.89. The fourth-order valence-electron chi connectivity index (χ4n) is 1.20. The van der Waals surface area contributed by atoms with Gasteiger partial charge in [0.05, 0.1) is 11.9 Å². The van der Waals surface area contributed by atoms with Crippen molar-refractivity contribution in [2.24, 2.45) is 7.05 Å². The van der Waals surface area contributed by atoms with E-state index in [9.17, 15) is 13.2 Å². The fourth-order valence-corrected chi connectivity index (χ4v) is 1.20. The maximum absolute atomic E-state index is 12.6. The van der Waals surface area contributed by atoms with E-state index >= 15 is 0 Å². The van der Waals surface area contributed by atoms with Gasteiger partial charge in [-0.15, -0.1) is 0 Å². The topological polar surface area (TPSA) is 21.1 Å². The van der Waals surface area contributed by atoms with Gasteiger partial charge in [0.1, 0.15) is 0 Å². The number of aromatic nitrogens is 2. The number of hydrogen-bond acceptors (Lipinski definition) is 2. The minimum absolute atomic E-state index is 0.113. The Bertz CT molecular complexity index is 316. The summed E-state index contributed by atoms with van der Waals surface area (Å²) in [5.41, 5.74) is -0.593. The zero-order chi connectivity index (χ0) is 10.9. The molecule has 1 aromatic rings. The van der Waals surface area contributed by atoms with Crippen LogP contribution in [0, 0.1) is 0 Å². The molecular formula is C8H12F3N3. The molecule has 0 unspecified atom stereocenters. The molecule has 3 nitrogen and oxygen atoms in total. The minimum Gasteiger partial charge on any atom is -0.372 e. The first-order valence-electron chi connectivity index (χ1n) is 4.18. The third kappa shape index (κ3) is 1.83. The smallest absolute Gasteiger partial charge is 0.372 e. The first-order chi connectivity index (χ1) is 6.38. The van der Waals surface area contributed by atoms with Gasteiger partial charge in [0, 0.05) is 20.6 Å². The lowest BCUT2D eigenvalue weighted by Gasteiger charge is -2.18. The van der Waals surface area contributed by atoms with Gasteiger partial charge in [-0.3, -0.25) is 4.68 Å². The molecule has 1 aromatic heterocycles. The SMILES string of the molecule is CCN(C)c1cnn(C)c1C(F)(F)F. The van der Waals surface area contributed by atoms with Gasteiger partial charge in [0.25, 0.3) is 0 Å². The van der Waals surface area contributed by atoms with Crippen LogP contribution in [0.1, 0.15) is 12.6 Å². The van der Waals surface area contributed by atoms with E-state index < -0.39 is 11.9 Å². The quantitative estimate of drug-likeness (QED) is 0.738. The molecule has 0 aliphatic carbocycles. The Balaban J connectivity index is 3.19. The standard InChI is InChI=1S/C8H12F3N3/c1-4-13(2)6-5-12-14(3)7(6)8(9,10)11/h5H,4H2,1-3H3. The molecule has 0 spiro atoms. The van der Waals surface area contributed by atoms with Crippen LogP contribution in [0.5, 0.6) is 0 Å². The number of anilines is 1. The molecule has 0 saturated heterocycles. The van der Waals surface area contributed by atoms with Crippen molar-refractivity contribution < 1.29 is 13.2 Å². The molecular weight excluding hydrogens is 195 g/mol. The molecule has 14 heavy (non-hydrogen) atoms. The van der Waals surface area contributed by atoms with Gasteiger partial charge in [-0.2, -0.15) is 18.3 Å². The van der Waals surface area contributed by atoms with Crippen molar-refractivity contribution in [2.75, 3.05) is 18.5 Å². The molecule has 0 bridgehead atoms. The predicted octanol–water partition coefficient (Wildman–Crippen LogP) is 1.89. The fraction of sp³-hybridized carbons (Fsp3) is 0.625. The van der Waals surface area contributed by atoms with Crippen molar-refractivity contribution in [3.05, 3.63) is 11.9 Å². The van der Waals surface area contributed by atoms with E-state index in [4.69, 9.17) is 0 Å².